The molecule has 0 spiro atoms. The van der Waals surface area contributed by atoms with Gasteiger partial charge in [-0.05, 0) is 61.4 Å². The first-order valence-electron chi connectivity index (χ1n) is 7.69. The number of rotatable bonds is 7. The largest absolute Gasteiger partial charge is 0.315 e. The van der Waals surface area contributed by atoms with E-state index in [0.717, 1.165) is 24.6 Å². The Bertz CT molecular complexity index is 643. The van der Waals surface area contributed by atoms with Gasteiger partial charge < -0.3 is 5.32 Å². The zero-order valence-electron chi connectivity index (χ0n) is 12.3. The first-order valence-corrected chi connectivity index (χ1v) is 9.17. The van der Waals surface area contributed by atoms with Gasteiger partial charge in [0.2, 0.25) is 10.0 Å². The highest BCUT2D eigenvalue weighted by Gasteiger charge is 2.34. The number of fused-ring (bicyclic) bond motifs is 2. The van der Waals surface area contributed by atoms with E-state index in [1.165, 1.54) is 25.0 Å². The average Bonchev–Trinajstić information content (AvgIpc) is 3.10. The minimum Gasteiger partial charge on any atom is -0.315 e. The van der Waals surface area contributed by atoms with E-state index < -0.39 is 15.8 Å². The molecule has 3 unspecified atom stereocenters. The van der Waals surface area contributed by atoms with E-state index in [1.807, 2.05) is 0 Å². The summed E-state index contributed by atoms with van der Waals surface area (Å²) < 4.78 is 39.3. The first kappa shape index (κ1) is 15.6. The lowest BCUT2D eigenvalue weighted by Gasteiger charge is -2.18. The SMILES string of the molecule is O=S(=O)(NCCNCC1CC2C=CC1C2)c1ccc(F)cc1. The second-order valence-electron chi connectivity index (χ2n) is 6.10. The van der Waals surface area contributed by atoms with Crippen molar-refractivity contribution in [1.29, 1.82) is 0 Å². The van der Waals surface area contributed by atoms with Crippen LogP contribution >= 0.6 is 0 Å². The third kappa shape index (κ3) is 3.56. The molecule has 1 saturated carbocycles. The molecule has 0 heterocycles. The Morgan fingerprint density at radius 3 is 2.50 bits per heavy atom. The van der Waals surface area contributed by atoms with Gasteiger partial charge in [-0.25, -0.2) is 17.5 Å². The van der Waals surface area contributed by atoms with E-state index in [-0.39, 0.29) is 4.90 Å². The van der Waals surface area contributed by atoms with E-state index in [1.54, 1.807) is 0 Å². The molecule has 3 rings (SSSR count). The van der Waals surface area contributed by atoms with Crippen LogP contribution in [0.2, 0.25) is 0 Å². The minimum atomic E-state index is -3.55. The molecule has 0 aromatic heterocycles. The summed E-state index contributed by atoms with van der Waals surface area (Å²) in [5.74, 6) is 1.70. The van der Waals surface area contributed by atoms with Crippen molar-refractivity contribution in [2.45, 2.75) is 17.7 Å². The Labute approximate surface area is 130 Å². The van der Waals surface area contributed by atoms with Crippen molar-refractivity contribution in [3.63, 3.8) is 0 Å². The Morgan fingerprint density at radius 1 is 1.09 bits per heavy atom. The van der Waals surface area contributed by atoms with Gasteiger partial charge >= 0.3 is 0 Å². The third-order valence-corrected chi connectivity index (χ3v) is 6.02. The molecule has 3 atom stereocenters. The van der Waals surface area contributed by atoms with Crippen molar-refractivity contribution in [2.24, 2.45) is 17.8 Å². The van der Waals surface area contributed by atoms with Gasteiger partial charge in [0, 0.05) is 13.1 Å². The predicted molar refractivity (Wildman–Crippen MR) is 83.3 cm³/mol. The Balaban J connectivity index is 1.39. The summed E-state index contributed by atoms with van der Waals surface area (Å²) in [6, 6.07) is 4.84. The maximum atomic E-state index is 12.8. The standard InChI is InChI=1S/C16H21FN2O2S/c17-15-3-5-16(6-4-15)22(20,21)19-8-7-18-11-14-10-12-1-2-13(14)9-12/h1-6,12-14,18-19H,7-11H2. The highest BCUT2D eigenvalue weighted by molar-refractivity contribution is 7.89. The molecule has 1 fully saturated rings. The van der Waals surface area contributed by atoms with Gasteiger partial charge in [0.25, 0.3) is 0 Å². The maximum Gasteiger partial charge on any atom is 0.240 e. The van der Waals surface area contributed by atoms with Crippen LogP contribution < -0.4 is 10.0 Å². The van der Waals surface area contributed by atoms with Crippen molar-refractivity contribution < 1.29 is 12.8 Å². The molecule has 0 amide bonds. The van der Waals surface area contributed by atoms with E-state index in [2.05, 4.69) is 22.2 Å². The zero-order chi connectivity index (χ0) is 15.6. The van der Waals surface area contributed by atoms with Gasteiger partial charge in [0.05, 0.1) is 4.90 Å². The van der Waals surface area contributed by atoms with Crippen LogP contribution in [-0.4, -0.2) is 28.1 Å². The number of hydrogen-bond donors (Lipinski definition) is 2. The number of hydrogen-bond acceptors (Lipinski definition) is 3. The molecule has 0 saturated heterocycles. The molecule has 6 heteroatoms. The highest BCUT2D eigenvalue weighted by atomic mass is 32.2. The maximum absolute atomic E-state index is 12.8. The van der Waals surface area contributed by atoms with Crippen molar-refractivity contribution in [3.8, 4) is 0 Å². The lowest BCUT2D eigenvalue weighted by molar-refractivity contribution is 0.416. The molecule has 2 aliphatic rings. The monoisotopic (exact) mass is 324 g/mol. The van der Waals surface area contributed by atoms with Crippen LogP contribution in [0.1, 0.15) is 12.8 Å². The van der Waals surface area contributed by atoms with Crippen LogP contribution in [0.3, 0.4) is 0 Å². The molecular weight excluding hydrogens is 303 g/mol. The van der Waals surface area contributed by atoms with E-state index in [4.69, 9.17) is 0 Å². The molecule has 120 valence electrons. The lowest BCUT2D eigenvalue weighted by Crippen LogP contribution is -2.34. The molecule has 2 bridgehead atoms. The summed E-state index contributed by atoms with van der Waals surface area (Å²) in [7, 11) is -3.55. The number of allylic oxidation sites excluding steroid dienone is 2. The molecule has 4 nitrogen and oxygen atoms in total. The third-order valence-electron chi connectivity index (χ3n) is 4.54. The van der Waals surface area contributed by atoms with Gasteiger partial charge in [-0.2, -0.15) is 0 Å². The number of halogens is 1. The highest BCUT2D eigenvalue weighted by Crippen LogP contribution is 2.42. The quantitative estimate of drug-likeness (QED) is 0.595. The second kappa shape index (κ2) is 6.48. The van der Waals surface area contributed by atoms with Crippen molar-refractivity contribution in [1.82, 2.24) is 10.0 Å². The summed E-state index contributed by atoms with van der Waals surface area (Å²) in [6.07, 6.45) is 7.16. The topological polar surface area (TPSA) is 58.2 Å². The van der Waals surface area contributed by atoms with Gasteiger partial charge in [0.1, 0.15) is 5.82 Å². The normalized spacial score (nSPS) is 26.7. The van der Waals surface area contributed by atoms with Crippen LogP contribution in [0.4, 0.5) is 4.39 Å². The smallest absolute Gasteiger partial charge is 0.240 e. The van der Waals surface area contributed by atoms with Crippen molar-refractivity contribution in [3.05, 3.63) is 42.2 Å². The zero-order valence-corrected chi connectivity index (χ0v) is 13.2. The fourth-order valence-corrected chi connectivity index (χ4v) is 4.42. The summed E-state index contributed by atoms with van der Waals surface area (Å²) in [5.41, 5.74) is 0. The van der Waals surface area contributed by atoms with Crippen LogP contribution in [0.25, 0.3) is 0 Å². The number of benzene rings is 1. The van der Waals surface area contributed by atoms with E-state index in [0.29, 0.717) is 24.9 Å². The Morgan fingerprint density at radius 2 is 1.86 bits per heavy atom. The van der Waals surface area contributed by atoms with Crippen LogP contribution in [0.5, 0.6) is 0 Å². The molecule has 0 radical (unpaired) electrons. The van der Waals surface area contributed by atoms with Crippen molar-refractivity contribution in [2.75, 3.05) is 19.6 Å². The van der Waals surface area contributed by atoms with Crippen LogP contribution in [-0.2, 0) is 10.0 Å². The Kier molecular flexibility index (Phi) is 4.61. The average molecular weight is 324 g/mol. The molecular formula is C16H21FN2O2S. The van der Waals surface area contributed by atoms with Crippen molar-refractivity contribution >= 4 is 10.0 Å². The fourth-order valence-electron chi connectivity index (χ4n) is 3.39. The minimum absolute atomic E-state index is 0.0899. The van der Waals surface area contributed by atoms with E-state index >= 15 is 0 Å². The first-order chi connectivity index (χ1) is 10.5. The molecule has 22 heavy (non-hydrogen) atoms. The number of sulfonamides is 1. The summed E-state index contributed by atoms with van der Waals surface area (Å²) >= 11 is 0. The molecule has 2 N–H and O–H groups in total. The fraction of sp³-hybridized carbons (Fsp3) is 0.500. The van der Waals surface area contributed by atoms with Gasteiger partial charge in [0.15, 0.2) is 0 Å². The second-order valence-corrected chi connectivity index (χ2v) is 7.86. The summed E-state index contributed by atoms with van der Waals surface area (Å²) in [4.78, 5) is 0.0899. The van der Waals surface area contributed by atoms with Gasteiger partial charge in [-0.15, -0.1) is 0 Å². The van der Waals surface area contributed by atoms with Gasteiger partial charge in [-0.1, -0.05) is 12.2 Å². The Hall–Kier alpha value is -1.24. The molecule has 1 aromatic carbocycles. The van der Waals surface area contributed by atoms with Crippen LogP contribution in [0.15, 0.2) is 41.3 Å². The summed E-state index contributed by atoms with van der Waals surface area (Å²) in [6.45, 7) is 1.86. The number of nitrogens with one attached hydrogen (secondary N) is 2. The van der Waals surface area contributed by atoms with E-state index in [9.17, 15) is 12.8 Å². The molecule has 2 aliphatic carbocycles. The van der Waals surface area contributed by atoms with Gasteiger partial charge in [-0.3, -0.25) is 0 Å². The van der Waals surface area contributed by atoms with Crippen LogP contribution in [0, 0.1) is 23.6 Å². The predicted octanol–water partition coefficient (Wildman–Crippen LogP) is 1.91. The molecule has 1 aromatic rings. The lowest BCUT2D eigenvalue weighted by atomic mass is 9.94. The summed E-state index contributed by atoms with van der Waals surface area (Å²) in [5, 5.41) is 3.32. The molecule has 0 aliphatic heterocycles.